The van der Waals surface area contributed by atoms with Crippen LogP contribution in [-0.2, 0) is 17.3 Å². The molecule has 0 atom stereocenters. The topological polar surface area (TPSA) is 14.1 Å². The van der Waals surface area contributed by atoms with Crippen LogP contribution in [0.3, 0.4) is 0 Å². The summed E-state index contributed by atoms with van der Waals surface area (Å²) in [5.41, 5.74) is 2.22. The van der Waals surface area contributed by atoms with Crippen LogP contribution in [-0.4, -0.2) is 0 Å². The molecule has 0 radical (unpaired) electrons. The summed E-state index contributed by atoms with van der Waals surface area (Å²) in [5.74, 6) is 0. The first-order valence-electron chi connectivity index (χ1n) is 15.5. The predicted octanol–water partition coefficient (Wildman–Crippen LogP) is 8.30. The van der Waals surface area contributed by atoms with Crippen LogP contribution >= 0.6 is 25.5 Å². The summed E-state index contributed by atoms with van der Waals surface area (Å²) < 4.78 is 0. The Morgan fingerprint density at radius 3 is 0.617 bits per heavy atom. The standard InChI is InChI=1S/2C18H15P.C6H8N.ClH.Ru/c2*1-4-10-16(11-5-1)19(17-12-6-2-7-13-17)18-14-8-3-9-15-18;1-5-3-4-6(2)7-5;;/h2*1-15H;3-4H,1-2H3;1H;/q;;-1;;+2/p+1. The second-order valence-electron chi connectivity index (χ2n) is 10.7. The molecule has 0 saturated heterocycles. The fourth-order valence-corrected chi connectivity index (χ4v) is 10.4. The largest absolute Gasteiger partial charge is 0.102 e. The van der Waals surface area contributed by atoms with Crippen LogP contribution in [0, 0.1) is 13.8 Å². The van der Waals surface area contributed by atoms with Crippen molar-refractivity contribution in [1.82, 2.24) is 4.98 Å². The molecule has 47 heavy (non-hydrogen) atoms. The van der Waals surface area contributed by atoms with Gasteiger partial charge in [0.15, 0.2) is 0 Å². The van der Waals surface area contributed by atoms with E-state index < -0.39 is 15.8 Å². The van der Waals surface area contributed by atoms with E-state index in [0.717, 1.165) is 11.4 Å². The zero-order valence-electron chi connectivity index (χ0n) is 26.7. The third-order valence-electron chi connectivity index (χ3n) is 7.29. The second kappa shape index (κ2) is 20.6. The zero-order valence-corrected chi connectivity index (χ0v) is 31.1. The Bertz CT molecular complexity index is 1480. The van der Waals surface area contributed by atoms with E-state index in [-0.39, 0.29) is 0 Å². The molecule has 6 aromatic carbocycles. The van der Waals surface area contributed by atoms with Crippen molar-refractivity contribution in [2.75, 3.05) is 0 Å². The van der Waals surface area contributed by atoms with Gasteiger partial charge in [-0.15, -0.1) is 0 Å². The molecule has 0 N–H and O–H groups in total. The van der Waals surface area contributed by atoms with Gasteiger partial charge >= 0.3 is 27.0 Å². The van der Waals surface area contributed by atoms with Crippen LogP contribution in [0.5, 0.6) is 0 Å². The number of hydrogen-bond donors (Lipinski definition) is 0. The van der Waals surface area contributed by atoms with Crippen LogP contribution in [0.15, 0.2) is 194 Å². The molecule has 7 rings (SSSR count). The minimum Gasteiger partial charge on any atom is -0.0620 e. The van der Waals surface area contributed by atoms with E-state index >= 15 is 0 Å². The molecule has 0 amide bonds. The number of hydrogen-bond acceptors (Lipinski definition) is 0. The zero-order chi connectivity index (χ0) is 33.1. The molecule has 0 fully saturated rings. The summed E-state index contributed by atoms with van der Waals surface area (Å²) >= 11 is 1.82. The molecule has 236 valence electrons. The van der Waals surface area contributed by atoms with Crippen molar-refractivity contribution in [3.05, 3.63) is 206 Å². The maximum atomic E-state index is 4.57. The maximum Gasteiger partial charge on any atom is 0.102 e. The maximum absolute atomic E-state index is 4.57. The molecule has 0 unspecified atom stereocenters. The fraction of sp³-hybridized carbons (Fsp3) is 0.0476. The van der Waals surface area contributed by atoms with Gasteiger partial charge in [0, 0.05) is 0 Å². The average molecular weight is 757 g/mol. The molecule has 1 aromatic heterocycles. The SMILES string of the molecule is Cc1ccc(C)[n-]1.[Cl][Ru+].c1ccc([PH+](c2ccccc2)c2ccccc2)cc1.c1ccc([PH+](c2ccccc2)c2ccccc2)cc1. The van der Waals surface area contributed by atoms with E-state index in [1.54, 1.807) is 0 Å². The summed E-state index contributed by atoms with van der Waals surface area (Å²) in [6, 6.07) is 69.0. The van der Waals surface area contributed by atoms with Gasteiger partial charge in [0.2, 0.25) is 0 Å². The molecule has 0 spiro atoms. The first-order chi connectivity index (χ1) is 23.2. The van der Waals surface area contributed by atoms with Gasteiger partial charge in [0.25, 0.3) is 0 Å². The summed E-state index contributed by atoms with van der Waals surface area (Å²) in [4.78, 5) is 4.11. The molecule has 0 aliphatic rings. The van der Waals surface area contributed by atoms with E-state index in [4.69, 9.17) is 0 Å². The van der Waals surface area contributed by atoms with Gasteiger partial charge in [-0.05, 0) is 72.8 Å². The molecule has 7 aromatic rings. The van der Waals surface area contributed by atoms with Gasteiger partial charge in [0.05, 0.1) is 15.8 Å². The van der Waals surface area contributed by atoms with Crippen molar-refractivity contribution in [2.45, 2.75) is 13.8 Å². The minimum atomic E-state index is -0.877. The van der Waals surface area contributed by atoms with Crippen molar-refractivity contribution in [3.63, 3.8) is 0 Å². The van der Waals surface area contributed by atoms with E-state index in [2.05, 4.69) is 197 Å². The number of aromatic nitrogens is 1. The van der Waals surface area contributed by atoms with E-state index in [1.807, 2.05) is 43.3 Å². The summed E-state index contributed by atoms with van der Waals surface area (Å²) in [7, 11) is 2.81. The second-order valence-corrected chi connectivity index (χ2v) is 15.6. The van der Waals surface area contributed by atoms with Gasteiger partial charge in [-0.25, -0.2) is 0 Å². The van der Waals surface area contributed by atoms with E-state index in [0.29, 0.717) is 0 Å². The van der Waals surface area contributed by atoms with Crippen molar-refractivity contribution >= 4 is 57.4 Å². The summed E-state index contributed by atoms with van der Waals surface area (Å²) in [6.45, 7) is 3.99. The Morgan fingerprint density at radius 2 is 0.489 bits per heavy atom. The number of benzene rings is 6. The minimum absolute atomic E-state index is 0.877. The molecule has 1 heterocycles. The van der Waals surface area contributed by atoms with Crippen molar-refractivity contribution in [3.8, 4) is 0 Å². The van der Waals surface area contributed by atoms with Crippen molar-refractivity contribution < 1.29 is 17.3 Å². The fourth-order valence-electron chi connectivity index (χ4n) is 5.22. The molecule has 0 aliphatic carbocycles. The summed E-state index contributed by atoms with van der Waals surface area (Å²) in [5, 5.41) is 8.61. The molecular formula is C42H40ClNP2Ru+2. The van der Waals surface area contributed by atoms with Gasteiger partial charge in [-0.2, -0.15) is 11.4 Å². The molecule has 0 aliphatic heterocycles. The number of rotatable bonds is 6. The first-order valence-corrected chi connectivity index (χ1v) is 20.7. The van der Waals surface area contributed by atoms with Gasteiger partial charge in [0.1, 0.15) is 31.8 Å². The third kappa shape index (κ3) is 11.5. The molecular weight excluding hydrogens is 717 g/mol. The van der Waals surface area contributed by atoms with Gasteiger partial charge < -0.3 is 4.98 Å². The molecule has 5 heteroatoms. The van der Waals surface area contributed by atoms with Crippen LogP contribution < -0.4 is 36.8 Å². The number of halogens is 1. The van der Waals surface area contributed by atoms with E-state index in [1.165, 1.54) is 31.8 Å². The number of nitrogens with zero attached hydrogens (tertiary/aromatic N) is 1. The Balaban J connectivity index is 0.000000170. The number of aryl methyl sites for hydroxylation is 2. The first kappa shape index (κ1) is 36.2. The molecule has 1 nitrogen and oxygen atoms in total. The Kier molecular flexibility index (Phi) is 15.9. The van der Waals surface area contributed by atoms with Gasteiger partial charge in [-0.1, -0.05) is 135 Å². The monoisotopic (exact) mass is 757 g/mol. The molecule has 0 saturated carbocycles. The van der Waals surface area contributed by atoms with Crippen LogP contribution in [0.25, 0.3) is 0 Å². The quantitative estimate of drug-likeness (QED) is 0.123. The average Bonchev–Trinajstić information content (AvgIpc) is 3.54. The van der Waals surface area contributed by atoms with Crippen LogP contribution in [0.1, 0.15) is 11.4 Å². The van der Waals surface area contributed by atoms with Crippen LogP contribution in [0.4, 0.5) is 0 Å². The molecule has 0 bridgehead atoms. The predicted molar refractivity (Wildman–Crippen MR) is 208 cm³/mol. The van der Waals surface area contributed by atoms with E-state index in [9.17, 15) is 0 Å². The normalized spacial score (nSPS) is 10.1. The van der Waals surface area contributed by atoms with Crippen molar-refractivity contribution in [2.24, 2.45) is 0 Å². The summed E-state index contributed by atoms with van der Waals surface area (Å²) in [6.07, 6.45) is 0. The Morgan fingerprint density at radius 1 is 0.319 bits per heavy atom. The van der Waals surface area contributed by atoms with Crippen molar-refractivity contribution in [1.29, 1.82) is 0 Å². The Labute approximate surface area is 297 Å². The van der Waals surface area contributed by atoms with Crippen LogP contribution in [0.2, 0.25) is 0 Å². The third-order valence-corrected chi connectivity index (χ3v) is 12.8. The van der Waals surface area contributed by atoms with Gasteiger partial charge in [-0.3, -0.25) is 0 Å². The smallest absolute Gasteiger partial charge is 0.0620 e. The Hall–Kier alpha value is -3.63.